The molecule has 0 saturated heterocycles. The van der Waals surface area contributed by atoms with E-state index in [1.165, 1.54) is 11.0 Å². The lowest BCUT2D eigenvalue weighted by Crippen LogP contribution is -2.60. The molecule has 0 saturated carbocycles. The number of para-hydroxylation sites is 1. The Morgan fingerprint density at radius 2 is 1.96 bits per heavy atom. The normalized spacial score (nSPS) is 20.9. The number of rotatable bonds is 1. The number of aldehydes is 1. The molecule has 4 rings (SSSR count). The number of hydrogen-bond acceptors (Lipinski definition) is 5. The number of phenols is 1. The van der Waals surface area contributed by atoms with Crippen LogP contribution in [-0.4, -0.2) is 35.2 Å². The van der Waals surface area contributed by atoms with Crippen molar-refractivity contribution in [2.75, 3.05) is 7.05 Å². The van der Waals surface area contributed by atoms with Gasteiger partial charge < -0.3 is 14.6 Å². The summed E-state index contributed by atoms with van der Waals surface area (Å²) in [5.74, 6) is -1.41. The Labute approximate surface area is 137 Å². The molecule has 2 aliphatic rings. The van der Waals surface area contributed by atoms with Crippen LogP contribution < -0.4 is 9.47 Å². The maximum absolute atomic E-state index is 12.6. The van der Waals surface area contributed by atoms with Crippen molar-refractivity contribution in [1.82, 2.24) is 4.90 Å². The molecule has 1 unspecified atom stereocenters. The number of likely N-dealkylation sites (N-methyl/N-ethyl adjacent to an activating group) is 1. The Bertz CT molecular complexity index is 904. The third-order valence-corrected chi connectivity index (χ3v) is 4.19. The lowest BCUT2D eigenvalue weighted by molar-refractivity contribution is -0.166. The van der Waals surface area contributed by atoms with E-state index in [1.54, 1.807) is 49.5 Å². The second-order valence-corrected chi connectivity index (χ2v) is 5.56. The summed E-state index contributed by atoms with van der Waals surface area (Å²) in [6, 6.07) is 9.90. The molecule has 2 aromatic carbocycles. The Morgan fingerprint density at radius 1 is 1.17 bits per heavy atom. The number of nitrogens with zero attached hydrogens (tertiary/aromatic N) is 1. The van der Waals surface area contributed by atoms with Gasteiger partial charge in [0.1, 0.15) is 17.2 Å². The average molecular weight is 323 g/mol. The zero-order valence-electron chi connectivity index (χ0n) is 12.7. The predicted octanol–water partition coefficient (Wildman–Crippen LogP) is 2.43. The minimum absolute atomic E-state index is 0.0135. The number of carbonyl (C=O) groups excluding carboxylic acids is 2. The van der Waals surface area contributed by atoms with Gasteiger partial charge in [0.2, 0.25) is 0 Å². The van der Waals surface area contributed by atoms with Crippen LogP contribution in [0.1, 0.15) is 26.3 Å². The van der Waals surface area contributed by atoms with E-state index in [-0.39, 0.29) is 23.0 Å². The molecular formula is C18H13NO5. The largest absolute Gasteiger partial charge is 0.507 e. The zero-order chi connectivity index (χ0) is 16.9. The fraction of sp³-hybridized carbons (Fsp3) is 0.111. The van der Waals surface area contributed by atoms with Gasteiger partial charge in [0, 0.05) is 18.7 Å². The molecule has 6 nitrogen and oxygen atoms in total. The molecule has 2 heterocycles. The fourth-order valence-corrected chi connectivity index (χ4v) is 2.86. The van der Waals surface area contributed by atoms with E-state index in [4.69, 9.17) is 9.47 Å². The monoisotopic (exact) mass is 323 g/mol. The molecule has 1 atom stereocenters. The van der Waals surface area contributed by atoms with Crippen LogP contribution in [0.4, 0.5) is 0 Å². The minimum atomic E-state index is -1.51. The number of hydrogen-bond donors (Lipinski definition) is 1. The molecule has 2 aromatic rings. The molecule has 0 aromatic heterocycles. The van der Waals surface area contributed by atoms with Crippen molar-refractivity contribution in [3.05, 3.63) is 59.2 Å². The van der Waals surface area contributed by atoms with E-state index in [0.717, 1.165) is 0 Å². The Hall–Kier alpha value is -3.28. The second kappa shape index (κ2) is 4.86. The first-order chi connectivity index (χ1) is 11.6. The number of carbonyl (C=O) groups is 2. The smallest absolute Gasteiger partial charge is 0.362 e. The van der Waals surface area contributed by atoms with Crippen molar-refractivity contribution < 1.29 is 24.2 Å². The highest BCUT2D eigenvalue weighted by Gasteiger charge is 2.48. The molecule has 1 amide bonds. The summed E-state index contributed by atoms with van der Waals surface area (Å²) in [4.78, 5) is 25.3. The molecule has 24 heavy (non-hydrogen) atoms. The van der Waals surface area contributed by atoms with E-state index in [2.05, 4.69) is 0 Å². The van der Waals surface area contributed by atoms with Crippen molar-refractivity contribution in [3.8, 4) is 17.2 Å². The maximum Gasteiger partial charge on any atom is 0.362 e. The van der Waals surface area contributed by atoms with Crippen molar-refractivity contribution in [2.45, 2.75) is 5.91 Å². The van der Waals surface area contributed by atoms with Crippen LogP contribution in [-0.2, 0) is 0 Å². The molecule has 2 aliphatic heterocycles. The number of amides is 1. The number of benzene rings is 2. The quantitative estimate of drug-likeness (QED) is 0.816. The van der Waals surface area contributed by atoms with Crippen LogP contribution in [0.3, 0.4) is 0 Å². The second-order valence-electron chi connectivity index (χ2n) is 5.56. The van der Waals surface area contributed by atoms with Crippen molar-refractivity contribution in [2.24, 2.45) is 0 Å². The van der Waals surface area contributed by atoms with Gasteiger partial charge in [-0.25, -0.2) is 0 Å². The van der Waals surface area contributed by atoms with Gasteiger partial charge in [0.25, 0.3) is 5.91 Å². The van der Waals surface area contributed by atoms with Crippen LogP contribution in [0.5, 0.6) is 17.2 Å². The summed E-state index contributed by atoms with van der Waals surface area (Å²) >= 11 is 0. The SMILES string of the molecule is CN1C(=O)c2ccccc2OC12C=Cc1ccc(O)c(C=O)c1O2. The number of fused-ring (bicyclic) bond motifs is 2. The molecule has 0 fully saturated rings. The number of aromatic hydroxyl groups is 1. The van der Waals surface area contributed by atoms with E-state index < -0.39 is 5.91 Å². The molecule has 0 radical (unpaired) electrons. The lowest BCUT2D eigenvalue weighted by Gasteiger charge is -2.44. The highest BCUT2D eigenvalue weighted by Crippen LogP contribution is 2.42. The summed E-state index contributed by atoms with van der Waals surface area (Å²) in [5.41, 5.74) is 1.06. The van der Waals surface area contributed by atoms with E-state index in [1.807, 2.05) is 0 Å². The fourth-order valence-electron chi connectivity index (χ4n) is 2.86. The van der Waals surface area contributed by atoms with Crippen LogP contribution >= 0.6 is 0 Å². The zero-order valence-corrected chi connectivity index (χ0v) is 12.7. The first kappa shape index (κ1) is 14.3. The Morgan fingerprint density at radius 3 is 2.75 bits per heavy atom. The highest BCUT2D eigenvalue weighted by molar-refractivity contribution is 5.98. The summed E-state index contributed by atoms with van der Waals surface area (Å²) in [6.07, 6.45) is 3.82. The molecule has 1 N–H and O–H groups in total. The van der Waals surface area contributed by atoms with E-state index in [9.17, 15) is 14.7 Å². The van der Waals surface area contributed by atoms with Crippen molar-refractivity contribution >= 4 is 18.3 Å². The number of ether oxygens (including phenoxy) is 2. The molecule has 120 valence electrons. The average Bonchev–Trinajstić information content (AvgIpc) is 2.60. The van der Waals surface area contributed by atoms with Crippen LogP contribution in [0.25, 0.3) is 6.08 Å². The Kier molecular flexibility index (Phi) is 2.90. The lowest BCUT2D eigenvalue weighted by atomic mass is 10.0. The van der Waals surface area contributed by atoms with Crippen molar-refractivity contribution in [1.29, 1.82) is 0 Å². The number of phenolic OH excluding ortho intramolecular Hbond substituents is 1. The maximum atomic E-state index is 12.6. The molecular weight excluding hydrogens is 310 g/mol. The third-order valence-electron chi connectivity index (χ3n) is 4.19. The summed E-state index contributed by atoms with van der Waals surface area (Å²) in [5, 5.41) is 9.87. The van der Waals surface area contributed by atoms with Gasteiger partial charge >= 0.3 is 5.91 Å². The van der Waals surface area contributed by atoms with Crippen LogP contribution in [0, 0.1) is 0 Å². The van der Waals surface area contributed by atoms with Gasteiger partial charge in [-0.2, -0.15) is 0 Å². The Balaban J connectivity index is 1.86. The van der Waals surface area contributed by atoms with Gasteiger partial charge in [-0.3, -0.25) is 14.5 Å². The highest BCUT2D eigenvalue weighted by atomic mass is 16.7. The summed E-state index contributed by atoms with van der Waals surface area (Å²) < 4.78 is 11.8. The topological polar surface area (TPSA) is 76.1 Å². The molecule has 0 aliphatic carbocycles. The van der Waals surface area contributed by atoms with Gasteiger partial charge in [-0.15, -0.1) is 0 Å². The van der Waals surface area contributed by atoms with Gasteiger partial charge in [0.05, 0.1) is 11.1 Å². The van der Waals surface area contributed by atoms with Crippen LogP contribution in [0.15, 0.2) is 42.5 Å². The third kappa shape index (κ3) is 1.83. The predicted molar refractivity (Wildman–Crippen MR) is 85.1 cm³/mol. The molecule has 6 heteroatoms. The summed E-state index contributed by atoms with van der Waals surface area (Å²) in [7, 11) is 1.55. The van der Waals surface area contributed by atoms with Gasteiger partial charge in [-0.1, -0.05) is 12.1 Å². The minimum Gasteiger partial charge on any atom is -0.507 e. The standard InChI is InChI=1S/C18H13NO5/c1-19-17(22)12-4-2-3-5-15(12)23-18(19)9-8-11-6-7-14(21)13(10-20)16(11)24-18/h2-10,21H,1H3. The van der Waals surface area contributed by atoms with Crippen molar-refractivity contribution in [3.63, 3.8) is 0 Å². The summed E-state index contributed by atoms with van der Waals surface area (Å²) in [6.45, 7) is 0. The van der Waals surface area contributed by atoms with Gasteiger partial charge in [-0.05, 0) is 30.3 Å². The van der Waals surface area contributed by atoms with Crippen LogP contribution in [0.2, 0.25) is 0 Å². The first-order valence-corrected chi connectivity index (χ1v) is 7.31. The first-order valence-electron chi connectivity index (χ1n) is 7.31. The molecule has 1 spiro atoms. The van der Waals surface area contributed by atoms with E-state index in [0.29, 0.717) is 23.2 Å². The van der Waals surface area contributed by atoms with E-state index >= 15 is 0 Å². The van der Waals surface area contributed by atoms with Gasteiger partial charge in [0.15, 0.2) is 6.29 Å². The molecule has 0 bridgehead atoms.